The van der Waals surface area contributed by atoms with Crippen LogP contribution in [-0.2, 0) is 4.79 Å². The van der Waals surface area contributed by atoms with E-state index in [1.165, 1.54) is 11.3 Å². The van der Waals surface area contributed by atoms with Gasteiger partial charge in [0.25, 0.3) is 0 Å². The highest BCUT2D eigenvalue weighted by atomic mass is 16.4. The first kappa shape index (κ1) is 14.9. The van der Waals surface area contributed by atoms with E-state index in [0.29, 0.717) is 6.54 Å². The average molecular weight is 276 g/mol. The summed E-state index contributed by atoms with van der Waals surface area (Å²) in [7, 11) is 4.05. The molecule has 1 aromatic rings. The zero-order valence-electron chi connectivity index (χ0n) is 12.7. The van der Waals surface area contributed by atoms with Crippen molar-refractivity contribution in [2.24, 2.45) is 11.8 Å². The van der Waals surface area contributed by atoms with Gasteiger partial charge < -0.3 is 10.0 Å². The summed E-state index contributed by atoms with van der Waals surface area (Å²) in [5.74, 6) is -0.690. The minimum absolute atomic E-state index is 0.219. The van der Waals surface area contributed by atoms with Crippen LogP contribution in [0.2, 0.25) is 0 Å². The molecule has 3 unspecified atom stereocenters. The van der Waals surface area contributed by atoms with E-state index in [4.69, 9.17) is 0 Å². The van der Waals surface area contributed by atoms with E-state index < -0.39 is 5.97 Å². The van der Waals surface area contributed by atoms with Crippen molar-refractivity contribution in [1.29, 1.82) is 0 Å². The predicted octanol–water partition coefficient (Wildman–Crippen LogP) is 2.47. The second-order valence-electron chi connectivity index (χ2n) is 6.04. The number of likely N-dealkylation sites (tertiary alicyclic amines) is 1. The molecule has 2 rings (SSSR count). The number of benzene rings is 1. The quantitative estimate of drug-likeness (QED) is 0.917. The number of nitrogens with zero attached hydrogens (tertiary/aromatic N) is 2. The van der Waals surface area contributed by atoms with Crippen LogP contribution >= 0.6 is 0 Å². The van der Waals surface area contributed by atoms with Crippen molar-refractivity contribution >= 4 is 11.7 Å². The Bertz CT molecular complexity index is 470. The van der Waals surface area contributed by atoms with E-state index >= 15 is 0 Å². The number of rotatable bonds is 4. The molecule has 1 N–H and O–H groups in total. The SMILES string of the molecule is CC1CN(C(C)c2ccc(N(C)C)cc2)CC1C(=O)O. The second-order valence-corrected chi connectivity index (χ2v) is 6.04. The number of carboxylic acids is 1. The van der Waals surface area contributed by atoms with E-state index in [9.17, 15) is 9.90 Å². The minimum Gasteiger partial charge on any atom is -0.481 e. The summed E-state index contributed by atoms with van der Waals surface area (Å²) >= 11 is 0. The lowest BCUT2D eigenvalue weighted by Gasteiger charge is -2.25. The molecule has 4 nitrogen and oxygen atoms in total. The summed E-state index contributed by atoms with van der Waals surface area (Å²) in [6, 6.07) is 8.76. The normalized spacial score (nSPS) is 24.6. The third-order valence-electron chi connectivity index (χ3n) is 4.40. The lowest BCUT2D eigenvalue weighted by Crippen LogP contribution is -2.26. The summed E-state index contributed by atoms with van der Waals surface area (Å²) in [6.07, 6.45) is 0. The Labute approximate surface area is 121 Å². The van der Waals surface area contributed by atoms with E-state index in [1.54, 1.807) is 0 Å². The number of carboxylic acid groups (broad SMARTS) is 1. The van der Waals surface area contributed by atoms with E-state index in [1.807, 2.05) is 21.0 Å². The zero-order chi connectivity index (χ0) is 14.9. The van der Waals surface area contributed by atoms with Crippen molar-refractivity contribution in [3.63, 3.8) is 0 Å². The molecule has 0 bridgehead atoms. The molecule has 1 heterocycles. The van der Waals surface area contributed by atoms with Gasteiger partial charge >= 0.3 is 5.97 Å². The number of aliphatic carboxylic acids is 1. The van der Waals surface area contributed by atoms with Gasteiger partial charge in [-0.25, -0.2) is 0 Å². The van der Waals surface area contributed by atoms with Crippen LogP contribution < -0.4 is 4.90 Å². The van der Waals surface area contributed by atoms with Crippen molar-refractivity contribution in [3.8, 4) is 0 Å². The molecule has 0 aliphatic carbocycles. The first-order valence-electron chi connectivity index (χ1n) is 7.14. The van der Waals surface area contributed by atoms with Crippen LogP contribution in [0.15, 0.2) is 24.3 Å². The van der Waals surface area contributed by atoms with Crippen LogP contribution in [0.25, 0.3) is 0 Å². The summed E-state index contributed by atoms with van der Waals surface area (Å²) in [6.45, 7) is 5.68. The molecule has 0 saturated carbocycles. The fourth-order valence-corrected chi connectivity index (χ4v) is 2.90. The number of hydrogen-bond acceptors (Lipinski definition) is 3. The van der Waals surface area contributed by atoms with Crippen molar-refractivity contribution in [2.45, 2.75) is 19.9 Å². The summed E-state index contributed by atoms with van der Waals surface area (Å²) < 4.78 is 0. The van der Waals surface area contributed by atoms with E-state index in [-0.39, 0.29) is 17.9 Å². The molecule has 1 fully saturated rings. The maximum absolute atomic E-state index is 11.2. The fourth-order valence-electron chi connectivity index (χ4n) is 2.90. The largest absolute Gasteiger partial charge is 0.481 e. The van der Waals surface area contributed by atoms with Crippen LogP contribution in [0.5, 0.6) is 0 Å². The monoisotopic (exact) mass is 276 g/mol. The van der Waals surface area contributed by atoms with E-state index in [0.717, 1.165) is 6.54 Å². The molecule has 110 valence electrons. The lowest BCUT2D eigenvalue weighted by molar-refractivity contribution is -0.142. The topological polar surface area (TPSA) is 43.8 Å². The van der Waals surface area contributed by atoms with Crippen molar-refractivity contribution in [1.82, 2.24) is 4.90 Å². The third kappa shape index (κ3) is 2.96. The summed E-state index contributed by atoms with van der Waals surface area (Å²) in [5, 5.41) is 9.22. The molecule has 4 heteroatoms. The van der Waals surface area contributed by atoms with Gasteiger partial charge in [-0.1, -0.05) is 19.1 Å². The molecular formula is C16H24N2O2. The Balaban J connectivity index is 2.08. The van der Waals surface area contributed by atoms with Crippen molar-refractivity contribution in [3.05, 3.63) is 29.8 Å². The van der Waals surface area contributed by atoms with Gasteiger partial charge in [-0.15, -0.1) is 0 Å². The Kier molecular flexibility index (Phi) is 4.33. The molecule has 0 aromatic heterocycles. The molecule has 1 aromatic carbocycles. The number of hydrogen-bond donors (Lipinski definition) is 1. The van der Waals surface area contributed by atoms with Crippen LogP contribution in [0.1, 0.15) is 25.5 Å². The molecule has 1 saturated heterocycles. The first-order valence-corrected chi connectivity index (χ1v) is 7.14. The predicted molar refractivity (Wildman–Crippen MR) is 81.0 cm³/mol. The molecule has 0 amide bonds. The highest BCUT2D eigenvalue weighted by Crippen LogP contribution is 2.31. The average Bonchev–Trinajstić information content (AvgIpc) is 2.80. The summed E-state index contributed by atoms with van der Waals surface area (Å²) in [4.78, 5) is 15.6. The van der Waals surface area contributed by atoms with Crippen molar-refractivity contribution < 1.29 is 9.90 Å². The number of anilines is 1. The Morgan fingerprint density at radius 1 is 1.30 bits per heavy atom. The Morgan fingerprint density at radius 2 is 1.90 bits per heavy atom. The van der Waals surface area contributed by atoms with Gasteiger partial charge in [0.05, 0.1) is 5.92 Å². The van der Waals surface area contributed by atoms with Crippen LogP contribution in [0, 0.1) is 11.8 Å². The second kappa shape index (κ2) is 5.83. The van der Waals surface area contributed by atoms with Gasteiger partial charge in [0.2, 0.25) is 0 Å². The smallest absolute Gasteiger partial charge is 0.308 e. The standard InChI is InChI=1S/C16H24N2O2/c1-11-9-18(10-15(11)16(19)20)12(2)13-5-7-14(8-6-13)17(3)4/h5-8,11-12,15H,9-10H2,1-4H3,(H,19,20). The van der Waals surface area contributed by atoms with Gasteiger partial charge in [0.15, 0.2) is 0 Å². The maximum Gasteiger partial charge on any atom is 0.308 e. The van der Waals surface area contributed by atoms with Gasteiger partial charge in [-0.2, -0.15) is 0 Å². The van der Waals surface area contributed by atoms with Gasteiger partial charge in [-0.05, 0) is 30.5 Å². The molecular weight excluding hydrogens is 252 g/mol. The highest BCUT2D eigenvalue weighted by Gasteiger charge is 2.36. The van der Waals surface area contributed by atoms with Crippen molar-refractivity contribution in [2.75, 3.05) is 32.1 Å². The molecule has 3 atom stereocenters. The molecule has 1 aliphatic rings. The van der Waals surface area contributed by atoms with Crippen LogP contribution in [0.4, 0.5) is 5.69 Å². The highest BCUT2D eigenvalue weighted by molar-refractivity contribution is 5.71. The minimum atomic E-state index is -0.671. The first-order chi connectivity index (χ1) is 9.40. The van der Waals surface area contributed by atoms with Gasteiger partial charge in [-0.3, -0.25) is 9.69 Å². The third-order valence-corrected chi connectivity index (χ3v) is 4.40. The molecule has 0 spiro atoms. The zero-order valence-corrected chi connectivity index (χ0v) is 12.7. The maximum atomic E-state index is 11.2. The fraction of sp³-hybridized carbons (Fsp3) is 0.562. The van der Waals surface area contributed by atoms with Gasteiger partial charge in [0, 0.05) is 38.9 Å². The molecule has 0 radical (unpaired) electrons. The lowest BCUT2D eigenvalue weighted by atomic mass is 9.99. The summed E-state index contributed by atoms with van der Waals surface area (Å²) in [5.41, 5.74) is 2.42. The van der Waals surface area contributed by atoms with E-state index in [2.05, 4.69) is 41.0 Å². The van der Waals surface area contributed by atoms with Gasteiger partial charge in [0.1, 0.15) is 0 Å². The Hall–Kier alpha value is -1.55. The van der Waals surface area contributed by atoms with Crippen LogP contribution in [-0.4, -0.2) is 43.2 Å². The molecule has 1 aliphatic heterocycles. The Morgan fingerprint density at radius 3 is 2.35 bits per heavy atom. The molecule has 20 heavy (non-hydrogen) atoms. The number of carbonyl (C=O) groups is 1. The van der Waals surface area contributed by atoms with Crippen LogP contribution in [0.3, 0.4) is 0 Å².